The van der Waals surface area contributed by atoms with Crippen LogP contribution >= 0.6 is 0 Å². The first kappa shape index (κ1) is 20.9. The van der Waals surface area contributed by atoms with Crippen molar-refractivity contribution in [2.24, 2.45) is 17.3 Å². The summed E-state index contributed by atoms with van der Waals surface area (Å²) >= 11 is 0. The average Bonchev–Trinajstić information content (AvgIpc) is 2.33. The molecule has 0 heterocycles. The Balaban J connectivity index is 5.48. The first-order valence-electron chi connectivity index (χ1n) is 7.50. The molecule has 6 nitrogen and oxygen atoms in total. The average molecular weight is 318 g/mol. The number of hydrogen-bond acceptors (Lipinski definition) is 6. The van der Waals surface area contributed by atoms with Gasteiger partial charge in [0.05, 0.1) is 11.8 Å². The van der Waals surface area contributed by atoms with E-state index in [0.29, 0.717) is 0 Å². The second kappa shape index (κ2) is 6.96. The van der Waals surface area contributed by atoms with Crippen molar-refractivity contribution in [3.05, 3.63) is 0 Å². The molecule has 22 heavy (non-hydrogen) atoms. The Morgan fingerprint density at radius 1 is 0.909 bits per heavy atom. The van der Waals surface area contributed by atoms with Crippen molar-refractivity contribution in [3.63, 3.8) is 0 Å². The molecule has 0 radical (unpaired) electrons. The highest BCUT2D eigenvalue weighted by Crippen LogP contribution is 2.39. The number of carbonyl (C=O) groups excluding carboxylic acids is 2. The molecule has 0 rings (SSSR count). The van der Waals surface area contributed by atoms with Gasteiger partial charge in [-0.25, -0.2) is 0 Å². The zero-order valence-electron chi connectivity index (χ0n) is 14.9. The van der Waals surface area contributed by atoms with E-state index in [1.807, 2.05) is 0 Å². The largest absolute Gasteiger partial charge is 0.461 e. The summed E-state index contributed by atoms with van der Waals surface area (Å²) in [6, 6.07) is 0. The first-order chi connectivity index (χ1) is 9.65. The van der Waals surface area contributed by atoms with Crippen LogP contribution in [0.25, 0.3) is 0 Å². The minimum Gasteiger partial charge on any atom is -0.461 e. The van der Waals surface area contributed by atoms with Gasteiger partial charge in [-0.15, -0.1) is 0 Å². The van der Waals surface area contributed by atoms with Crippen LogP contribution in [0.5, 0.6) is 0 Å². The third-order valence-corrected chi connectivity index (χ3v) is 3.54. The SMILES string of the molecule is CC(C)C(=O)OCC(C)(OC(=O)C(C)C)C(O)(O)C(C)(C)C. The monoisotopic (exact) mass is 318 g/mol. The summed E-state index contributed by atoms with van der Waals surface area (Å²) < 4.78 is 10.4. The van der Waals surface area contributed by atoms with E-state index in [4.69, 9.17) is 9.47 Å². The number of esters is 2. The van der Waals surface area contributed by atoms with Crippen LogP contribution in [0.1, 0.15) is 55.4 Å². The molecule has 0 saturated carbocycles. The summed E-state index contributed by atoms with van der Waals surface area (Å²) in [4.78, 5) is 23.6. The molecule has 0 fully saturated rings. The highest BCUT2D eigenvalue weighted by molar-refractivity contribution is 5.73. The molecule has 1 atom stereocenters. The number of rotatable bonds is 6. The zero-order valence-corrected chi connectivity index (χ0v) is 14.9. The maximum Gasteiger partial charge on any atom is 0.309 e. The quantitative estimate of drug-likeness (QED) is 0.573. The summed E-state index contributed by atoms with van der Waals surface area (Å²) in [5.74, 6) is -4.30. The van der Waals surface area contributed by atoms with Crippen molar-refractivity contribution < 1.29 is 29.3 Å². The Kier molecular flexibility index (Phi) is 6.60. The van der Waals surface area contributed by atoms with Gasteiger partial charge in [0.25, 0.3) is 0 Å². The molecule has 0 aromatic carbocycles. The van der Waals surface area contributed by atoms with Gasteiger partial charge < -0.3 is 19.7 Å². The first-order valence-corrected chi connectivity index (χ1v) is 7.50. The normalized spacial score (nSPS) is 15.6. The maximum atomic E-state index is 11.9. The van der Waals surface area contributed by atoms with E-state index in [1.54, 1.807) is 48.5 Å². The van der Waals surface area contributed by atoms with Crippen LogP contribution in [0.3, 0.4) is 0 Å². The molecule has 0 aliphatic carbocycles. The van der Waals surface area contributed by atoms with Crippen LogP contribution < -0.4 is 0 Å². The summed E-state index contributed by atoms with van der Waals surface area (Å²) in [7, 11) is 0. The Morgan fingerprint density at radius 3 is 1.64 bits per heavy atom. The standard InChI is InChI=1S/C16H30O6/c1-10(2)12(17)21-9-15(8,22-13(18)11(3)4)16(19,20)14(5,6)7/h10-11,19-20H,9H2,1-8H3. The molecule has 0 bridgehead atoms. The molecule has 2 N–H and O–H groups in total. The zero-order chi connectivity index (χ0) is 17.9. The summed E-state index contributed by atoms with van der Waals surface area (Å²) in [6.07, 6.45) is 0. The minimum atomic E-state index is -2.39. The lowest BCUT2D eigenvalue weighted by atomic mass is 9.75. The molecule has 6 heteroatoms. The lowest BCUT2D eigenvalue weighted by molar-refractivity contribution is -0.328. The van der Waals surface area contributed by atoms with Crippen molar-refractivity contribution >= 4 is 11.9 Å². The van der Waals surface area contributed by atoms with Gasteiger partial charge in [0.1, 0.15) is 6.61 Å². The third-order valence-electron chi connectivity index (χ3n) is 3.54. The fourth-order valence-electron chi connectivity index (χ4n) is 1.71. The highest BCUT2D eigenvalue weighted by atomic mass is 16.6. The minimum absolute atomic E-state index is 0.369. The Hall–Kier alpha value is -1.14. The predicted octanol–water partition coefficient (Wildman–Crippen LogP) is 1.87. The molecule has 0 saturated heterocycles. The lowest BCUT2D eigenvalue weighted by Gasteiger charge is -2.47. The second-order valence-electron chi connectivity index (χ2n) is 7.49. The molecule has 0 aliphatic rings. The Labute approximate surface area is 132 Å². The smallest absolute Gasteiger partial charge is 0.309 e. The van der Waals surface area contributed by atoms with Crippen molar-refractivity contribution in [3.8, 4) is 0 Å². The van der Waals surface area contributed by atoms with E-state index in [0.717, 1.165) is 0 Å². The molecule has 0 aliphatic heterocycles. The Bertz CT molecular complexity index is 405. The summed E-state index contributed by atoms with van der Waals surface area (Å²) in [6.45, 7) is 12.3. The van der Waals surface area contributed by atoms with Crippen LogP contribution in [0.2, 0.25) is 0 Å². The van der Waals surface area contributed by atoms with E-state index < -0.39 is 41.3 Å². The van der Waals surface area contributed by atoms with E-state index in [9.17, 15) is 19.8 Å². The molecule has 0 amide bonds. The summed E-state index contributed by atoms with van der Waals surface area (Å²) in [5, 5.41) is 21.1. The molecule has 130 valence electrons. The molecule has 0 aromatic rings. The third kappa shape index (κ3) is 4.68. The number of hydrogen-bond donors (Lipinski definition) is 2. The van der Waals surface area contributed by atoms with Gasteiger partial charge in [-0.1, -0.05) is 48.5 Å². The fraction of sp³-hybridized carbons (Fsp3) is 0.875. The van der Waals surface area contributed by atoms with Crippen molar-refractivity contribution in [2.75, 3.05) is 6.61 Å². The van der Waals surface area contributed by atoms with Crippen LogP contribution in [-0.4, -0.2) is 40.1 Å². The number of aliphatic hydroxyl groups is 2. The van der Waals surface area contributed by atoms with Crippen molar-refractivity contribution in [2.45, 2.75) is 66.8 Å². The van der Waals surface area contributed by atoms with Gasteiger partial charge in [-0.2, -0.15) is 0 Å². The molecular weight excluding hydrogens is 288 g/mol. The second-order valence-corrected chi connectivity index (χ2v) is 7.49. The van der Waals surface area contributed by atoms with Crippen LogP contribution in [-0.2, 0) is 19.1 Å². The topological polar surface area (TPSA) is 93.1 Å². The summed E-state index contributed by atoms with van der Waals surface area (Å²) in [5.41, 5.74) is -2.81. The van der Waals surface area contributed by atoms with E-state index in [-0.39, 0.29) is 5.92 Å². The fourth-order valence-corrected chi connectivity index (χ4v) is 1.71. The molecule has 1 unspecified atom stereocenters. The van der Waals surface area contributed by atoms with Gasteiger partial charge in [-0.05, 0) is 6.92 Å². The van der Waals surface area contributed by atoms with E-state index in [1.165, 1.54) is 6.92 Å². The van der Waals surface area contributed by atoms with Crippen molar-refractivity contribution in [1.29, 1.82) is 0 Å². The van der Waals surface area contributed by atoms with Crippen LogP contribution in [0.15, 0.2) is 0 Å². The van der Waals surface area contributed by atoms with Crippen molar-refractivity contribution in [1.82, 2.24) is 0 Å². The van der Waals surface area contributed by atoms with Gasteiger partial charge in [-0.3, -0.25) is 9.59 Å². The number of ether oxygens (including phenoxy) is 2. The van der Waals surface area contributed by atoms with E-state index in [2.05, 4.69) is 0 Å². The van der Waals surface area contributed by atoms with E-state index >= 15 is 0 Å². The predicted molar refractivity (Wildman–Crippen MR) is 81.8 cm³/mol. The Morgan fingerprint density at radius 2 is 1.32 bits per heavy atom. The van der Waals surface area contributed by atoms with Gasteiger partial charge >= 0.3 is 11.9 Å². The molecule has 0 spiro atoms. The highest BCUT2D eigenvalue weighted by Gasteiger charge is 2.57. The van der Waals surface area contributed by atoms with Crippen LogP contribution in [0.4, 0.5) is 0 Å². The van der Waals surface area contributed by atoms with Crippen LogP contribution in [0, 0.1) is 17.3 Å². The maximum absolute atomic E-state index is 11.9. The molecule has 0 aromatic heterocycles. The lowest BCUT2D eigenvalue weighted by Crippen LogP contribution is -2.64. The number of carbonyl (C=O) groups is 2. The van der Waals surface area contributed by atoms with Gasteiger partial charge in [0.15, 0.2) is 5.60 Å². The van der Waals surface area contributed by atoms with Gasteiger partial charge in [0, 0.05) is 5.41 Å². The molecular formula is C16H30O6. The van der Waals surface area contributed by atoms with Gasteiger partial charge in [0.2, 0.25) is 5.79 Å².